The van der Waals surface area contributed by atoms with Crippen molar-refractivity contribution in [2.24, 2.45) is 0 Å². The zero-order valence-electron chi connectivity index (χ0n) is 9.75. The van der Waals surface area contributed by atoms with Gasteiger partial charge in [-0.2, -0.15) is 0 Å². The van der Waals surface area contributed by atoms with E-state index in [0.29, 0.717) is 11.5 Å². The Hall–Kier alpha value is -2.08. The number of carboxylic acid groups (broad SMARTS) is 1. The molecule has 0 fully saturated rings. The van der Waals surface area contributed by atoms with E-state index in [1.807, 2.05) is 0 Å². The van der Waals surface area contributed by atoms with Crippen molar-refractivity contribution in [2.45, 2.75) is 6.61 Å². The summed E-state index contributed by atoms with van der Waals surface area (Å²) in [4.78, 5) is 10.4. The highest BCUT2D eigenvalue weighted by molar-refractivity contribution is 9.10. The number of hydrogen-bond acceptors (Lipinski definition) is 4. The van der Waals surface area contributed by atoms with E-state index < -0.39 is 5.97 Å². The average Bonchev–Trinajstić information content (AvgIpc) is 2.88. The number of benzene rings is 1. The van der Waals surface area contributed by atoms with E-state index in [0.717, 1.165) is 16.1 Å². The first kappa shape index (κ1) is 13.4. The first-order valence-corrected chi connectivity index (χ1v) is 6.17. The second-order valence-corrected chi connectivity index (χ2v) is 4.48. The van der Waals surface area contributed by atoms with Crippen LogP contribution in [0.25, 0.3) is 6.08 Å². The van der Waals surface area contributed by atoms with Crippen molar-refractivity contribution in [3.8, 4) is 5.75 Å². The third kappa shape index (κ3) is 3.96. The molecule has 98 valence electrons. The molecule has 0 saturated heterocycles. The van der Waals surface area contributed by atoms with E-state index in [4.69, 9.17) is 14.4 Å². The molecule has 0 atom stereocenters. The van der Waals surface area contributed by atoms with Gasteiger partial charge in [0.2, 0.25) is 0 Å². The molecule has 1 heterocycles. The molecule has 2 aromatic rings. The fourth-order valence-corrected chi connectivity index (χ4v) is 1.88. The van der Waals surface area contributed by atoms with Gasteiger partial charge in [-0.3, -0.25) is 0 Å². The Labute approximate surface area is 117 Å². The lowest BCUT2D eigenvalue weighted by atomic mass is 10.2. The van der Waals surface area contributed by atoms with E-state index >= 15 is 0 Å². The van der Waals surface area contributed by atoms with Gasteiger partial charge < -0.3 is 14.4 Å². The second-order valence-electron chi connectivity index (χ2n) is 3.63. The minimum atomic E-state index is -0.984. The number of aliphatic carboxylic acids is 1. The van der Waals surface area contributed by atoms with Crippen LogP contribution in [0.5, 0.6) is 5.75 Å². The number of rotatable bonds is 5. The molecule has 19 heavy (non-hydrogen) atoms. The van der Waals surface area contributed by atoms with Gasteiger partial charge in [0, 0.05) is 12.1 Å². The molecule has 0 bridgehead atoms. The highest BCUT2D eigenvalue weighted by Crippen LogP contribution is 2.27. The number of carboxylic acids is 1. The van der Waals surface area contributed by atoms with Crippen LogP contribution in [0, 0.1) is 0 Å². The lowest BCUT2D eigenvalue weighted by Crippen LogP contribution is -1.94. The third-order valence-electron chi connectivity index (χ3n) is 2.24. The van der Waals surface area contributed by atoms with E-state index in [2.05, 4.69) is 21.1 Å². The van der Waals surface area contributed by atoms with Gasteiger partial charge in [-0.05, 0) is 39.7 Å². The maximum Gasteiger partial charge on any atom is 0.328 e. The number of carbonyl (C=O) groups is 1. The van der Waals surface area contributed by atoms with Crippen LogP contribution in [-0.2, 0) is 11.4 Å². The maximum atomic E-state index is 10.4. The average molecular weight is 324 g/mol. The van der Waals surface area contributed by atoms with Crippen LogP contribution in [0.1, 0.15) is 11.3 Å². The lowest BCUT2D eigenvalue weighted by Gasteiger charge is -2.06. The van der Waals surface area contributed by atoms with Crippen molar-refractivity contribution in [3.05, 3.63) is 52.3 Å². The van der Waals surface area contributed by atoms with Crippen LogP contribution in [0.15, 0.2) is 45.5 Å². The SMILES string of the molecule is O=C(O)C=Cc1ccc(OCc2ccno2)c(Br)c1. The summed E-state index contributed by atoms with van der Waals surface area (Å²) in [6.45, 7) is 0.281. The highest BCUT2D eigenvalue weighted by Gasteiger charge is 2.04. The standard InChI is InChI=1S/C13H10BrNO4/c14-11-7-9(2-4-13(16)17)1-3-12(11)18-8-10-5-6-15-19-10/h1-7H,8H2,(H,16,17). The van der Waals surface area contributed by atoms with E-state index in [-0.39, 0.29) is 6.61 Å². The number of nitrogens with zero attached hydrogens (tertiary/aromatic N) is 1. The van der Waals surface area contributed by atoms with Gasteiger partial charge in [0.25, 0.3) is 0 Å². The van der Waals surface area contributed by atoms with Crippen LogP contribution in [0.3, 0.4) is 0 Å². The number of halogens is 1. The molecule has 1 aromatic carbocycles. The summed E-state index contributed by atoms with van der Waals surface area (Å²) in [6, 6.07) is 7.01. The van der Waals surface area contributed by atoms with Crippen LogP contribution < -0.4 is 4.74 Å². The van der Waals surface area contributed by atoms with Crippen molar-refractivity contribution in [1.82, 2.24) is 5.16 Å². The normalized spacial score (nSPS) is 10.8. The smallest absolute Gasteiger partial charge is 0.328 e. The van der Waals surface area contributed by atoms with Gasteiger partial charge >= 0.3 is 5.97 Å². The molecule has 6 heteroatoms. The summed E-state index contributed by atoms with van der Waals surface area (Å²) >= 11 is 3.37. The van der Waals surface area contributed by atoms with Gasteiger partial charge in [-0.1, -0.05) is 11.2 Å². The Morgan fingerprint density at radius 2 is 2.32 bits per heavy atom. The molecule has 0 spiro atoms. The van der Waals surface area contributed by atoms with E-state index in [1.54, 1.807) is 30.5 Å². The van der Waals surface area contributed by atoms with Gasteiger partial charge in [-0.15, -0.1) is 0 Å². The summed E-state index contributed by atoms with van der Waals surface area (Å²) in [7, 11) is 0. The Kier molecular flexibility index (Phi) is 4.35. The molecule has 0 unspecified atom stereocenters. The third-order valence-corrected chi connectivity index (χ3v) is 2.86. The second kappa shape index (κ2) is 6.19. The molecule has 1 N–H and O–H groups in total. The Morgan fingerprint density at radius 3 is 2.95 bits per heavy atom. The van der Waals surface area contributed by atoms with Crippen LogP contribution in [0.2, 0.25) is 0 Å². The van der Waals surface area contributed by atoms with Gasteiger partial charge in [0.1, 0.15) is 12.4 Å². The largest absolute Gasteiger partial charge is 0.484 e. The Bertz CT molecular complexity index is 593. The van der Waals surface area contributed by atoms with Crippen LogP contribution in [-0.4, -0.2) is 16.2 Å². The predicted octanol–water partition coefficient (Wildman–Crippen LogP) is 3.11. The molecular weight excluding hydrogens is 314 g/mol. The molecule has 0 amide bonds. The summed E-state index contributed by atoms with van der Waals surface area (Å²) in [5, 5.41) is 12.1. The van der Waals surface area contributed by atoms with Gasteiger partial charge in [-0.25, -0.2) is 4.79 Å². The summed E-state index contributed by atoms with van der Waals surface area (Å²) in [6.07, 6.45) is 4.14. The summed E-state index contributed by atoms with van der Waals surface area (Å²) < 4.78 is 11.2. The minimum absolute atomic E-state index is 0.281. The molecule has 0 aliphatic carbocycles. The van der Waals surface area contributed by atoms with Crippen molar-refractivity contribution in [2.75, 3.05) is 0 Å². The fraction of sp³-hybridized carbons (Fsp3) is 0.0769. The number of ether oxygens (including phenoxy) is 1. The van der Waals surface area contributed by atoms with Gasteiger partial charge in [0.05, 0.1) is 10.7 Å². The lowest BCUT2D eigenvalue weighted by molar-refractivity contribution is -0.131. The van der Waals surface area contributed by atoms with Crippen LogP contribution >= 0.6 is 15.9 Å². The molecule has 0 radical (unpaired) electrons. The molecule has 5 nitrogen and oxygen atoms in total. The quantitative estimate of drug-likeness (QED) is 0.856. The fourth-order valence-electron chi connectivity index (χ4n) is 1.37. The van der Waals surface area contributed by atoms with Crippen molar-refractivity contribution < 1.29 is 19.2 Å². The van der Waals surface area contributed by atoms with Crippen molar-refractivity contribution in [3.63, 3.8) is 0 Å². The molecule has 0 saturated carbocycles. The monoisotopic (exact) mass is 323 g/mol. The first-order chi connectivity index (χ1) is 9.15. The minimum Gasteiger partial charge on any atom is -0.484 e. The molecule has 1 aromatic heterocycles. The Morgan fingerprint density at radius 1 is 1.47 bits per heavy atom. The molecule has 0 aliphatic heterocycles. The molecular formula is C13H10BrNO4. The first-order valence-electron chi connectivity index (χ1n) is 5.38. The topological polar surface area (TPSA) is 72.6 Å². The van der Waals surface area contributed by atoms with Gasteiger partial charge in [0.15, 0.2) is 5.76 Å². The van der Waals surface area contributed by atoms with Crippen molar-refractivity contribution in [1.29, 1.82) is 0 Å². The number of aromatic nitrogens is 1. The zero-order chi connectivity index (χ0) is 13.7. The predicted molar refractivity (Wildman–Crippen MR) is 71.6 cm³/mol. The highest BCUT2D eigenvalue weighted by atomic mass is 79.9. The molecule has 2 rings (SSSR count). The number of hydrogen-bond donors (Lipinski definition) is 1. The van der Waals surface area contributed by atoms with Crippen LogP contribution in [0.4, 0.5) is 0 Å². The Balaban J connectivity index is 2.04. The van der Waals surface area contributed by atoms with Crippen molar-refractivity contribution >= 4 is 28.0 Å². The summed E-state index contributed by atoms with van der Waals surface area (Å²) in [5.41, 5.74) is 0.765. The van der Waals surface area contributed by atoms with E-state index in [1.165, 1.54) is 6.08 Å². The summed E-state index contributed by atoms with van der Waals surface area (Å²) in [5.74, 6) is 0.285. The maximum absolute atomic E-state index is 10.4. The van der Waals surface area contributed by atoms with E-state index in [9.17, 15) is 4.79 Å². The molecule has 0 aliphatic rings. The zero-order valence-corrected chi connectivity index (χ0v) is 11.3.